The maximum atomic E-state index is 12.7. The van der Waals surface area contributed by atoms with E-state index in [0.29, 0.717) is 12.3 Å². The molecule has 1 heterocycles. The Labute approximate surface area is 186 Å². The van der Waals surface area contributed by atoms with Gasteiger partial charge in [-0.3, -0.25) is 4.79 Å². The summed E-state index contributed by atoms with van der Waals surface area (Å²) >= 11 is 0. The Morgan fingerprint density at radius 2 is 1.69 bits per heavy atom. The highest BCUT2D eigenvalue weighted by Crippen LogP contribution is 2.20. The number of hydrogen-bond acceptors (Lipinski definition) is 5. The van der Waals surface area contributed by atoms with Crippen molar-refractivity contribution >= 4 is 20.8 Å². The third kappa shape index (κ3) is 4.87. The van der Waals surface area contributed by atoms with E-state index in [9.17, 15) is 13.2 Å². The summed E-state index contributed by atoms with van der Waals surface area (Å²) < 4.78 is 34.6. The third-order valence-electron chi connectivity index (χ3n) is 4.97. The van der Waals surface area contributed by atoms with Crippen LogP contribution < -0.4 is 15.0 Å². The predicted octanol–water partition coefficient (Wildman–Crippen LogP) is 3.44. The van der Waals surface area contributed by atoms with Crippen molar-refractivity contribution in [2.75, 3.05) is 13.2 Å². The van der Waals surface area contributed by atoms with Gasteiger partial charge in [0.2, 0.25) is 10.0 Å². The Balaban J connectivity index is 1.47. The molecule has 1 aromatic heterocycles. The van der Waals surface area contributed by atoms with Crippen LogP contribution in [0.3, 0.4) is 0 Å². The minimum absolute atomic E-state index is 0.0365. The van der Waals surface area contributed by atoms with E-state index >= 15 is 0 Å². The Kier molecular flexibility index (Phi) is 6.34. The molecule has 0 aliphatic heterocycles. The van der Waals surface area contributed by atoms with E-state index in [2.05, 4.69) is 9.82 Å². The molecule has 32 heavy (non-hydrogen) atoms. The van der Waals surface area contributed by atoms with Crippen molar-refractivity contribution in [1.82, 2.24) is 14.5 Å². The lowest BCUT2D eigenvalue weighted by Crippen LogP contribution is -2.32. The fourth-order valence-electron chi connectivity index (χ4n) is 3.36. The lowest BCUT2D eigenvalue weighted by atomic mass is 10.1. The first kappa shape index (κ1) is 21.7. The molecule has 8 heteroatoms. The average Bonchev–Trinajstić information content (AvgIpc) is 2.81. The van der Waals surface area contributed by atoms with E-state index in [0.717, 1.165) is 22.1 Å². The molecular formula is C24H23N3O4S. The van der Waals surface area contributed by atoms with Crippen LogP contribution in [0, 0.1) is 0 Å². The molecule has 7 nitrogen and oxygen atoms in total. The molecule has 0 spiro atoms. The third-order valence-corrected chi connectivity index (χ3v) is 6.43. The Morgan fingerprint density at radius 1 is 0.938 bits per heavy atom. The zero-order chi connectivity index (χ0) is 22.6. The summed E-state index contributed by atoms with van der Waals surface area (Å²) in [6.45, 7) is 2.64. The van der Waals surface area contributed by atoms with Gasteiger partial charge in [0.15, 0.2) is 0 Å². The molecular weight excluding hydrogens is 426 g/mol. The zero-order valence-corrected chi connectivity index (χ0v) is 18.4. The molecule has 0 amide bonds. The van der Waals surface area contributed by atoms with Crippen LogP contribution in [0.15, 0.2) is 88.6 Å². The Morgan fingerprint density at radius 3 is 2.44 bits per heavy atom. The molecule has 0 fully saturated rings. The second kappa shape index (κ2) is 9.33. The van der Waals surface area contributed by atoms with Gasteiger partial charge in [-0.1, -0.05) is 30.3 Å². The largest absolute Gasteiger partial charge is 0.494 e. The van der Waals surface area contributed by atoms with Crippen LogP contribution in [-0.4, -0.2) is 31.3 Å². The molecule has 0 unspecified atom stereocenters. The zero-order valence-electron chi connectivity index (χ0n) is 17.6. The van der Waals surface area contributed by atoms with Gasteiger partial charge in [-0.15, -0.1) is 0 Å². The Hall–Kier alpha value is -3.49. The van der Waals surface area contributed by atoms with Crippen molar-refractivity contribution < 1.29 is 13.2 Å². The maximum Gasteiger partial charge on any atom is 0.266 e. The summed E-state index contributed by atoms with van der Waals surface area (Å²) in [5.41, 5.74) is 1.15. The van der Waals surface area contributed by atoms with Crippen molar-refractivity contribution in [2.24, 2.45) is 0 Å². The standard InChI is InChI=1S/C24H23N3O4S/c1-2-31-21-10-7-19(8-11-21)23-13-14-24(28)27(26-23)16-15-25-32(29,30)22-12-9-18-5-3-4-6-20(18)17-22/h3-14,17,25H,2,15-16H2,1H3. The Bertz CT molecular complexity index is 1400. The first-order chi connectivity index (χ1) is 15.5. The highest BCUT2D eigenvalue weighted by Gasteiger charge is 2.14. The fraction of sp³-hybridized carbons (Fsp3) is 0.167. The van der Waals surface area contributed by atoms with E-state index in [-0.39, 0.29) is 23.5 Å². The van der Waals surface area contributed by atoms with Crippen molar-refractivity contribution in [2.45, 2.75) is 18.4 Å². The monoisotopic (exact) mass is 449 g/mol. The first-order valence-electron chi connectivity index (χ1n) is 10.3. The van der Waals surface area contributed by atoms with Crippen molar-refractivity contribution in [3.8, 4) is 17.0 Å². The minimum Gasteiger partial charge on any atom is -0.494 e. The molecule has 164 valence electrons. The molecule has 0 aliphatic carbocycles. The number of nitrogens with zero attached hydrogens (tertiary/aromatic N) is 2. The van der Waals surface area contributed by atoms with Crippen LogP contribution >= 0.6 is 0 Å². The highest BCUT2D eigenvalue weighted by atomic mass is 32.2. The van der Waals surface area contributed by atoms with E-state index in [4.69, 9.17) is 4.74 Å². The number of nitrogens with one attached hydrogen (secondary N) is 1. The molecule has 0 radical (unpaired) electrons. The van der Waals surface area contributed by atoms with E-state index in [1.165, 1.54) is 10.7 Å². The van der Waals surface area contributed by atoms with Gasteiger partial charge in [-0.25, -0.2) is 17.8 Å². The SMILES string of the molecule is CCOc1ccc(-c2ccc(=O)n(CCNS(=O)(=O)c3ccc4ccccc4c3)n2)cc1. The number of hydrogen-bond donors (Lipinski definition) is 1. The molecule has 3 aromatic carbocycles. The van der Waals surface area contributed by atoms with Gasteiger partial charge in [0, 0.05) is 18.2 Å². The average molecular weight is 450 g/mol. The number of fused-ring (bicyclic) bond motifs is 1. The molecule has 0 aliphatic rings. The van der Waals surface area contributed by atoms with Crippen LogP contribution in [0.5, 0.6) is 5.75 Å². The van der Waals surface area contributed by atoms with Gasteiger partial charge in [-0.05, 0) is 60.2 Å². The molecule has 0 bridgehead atoms. The molecule has 4 rings (SSSR count). The molecule has 4 aromatic rings. The smallest absolute Gasteiger partial charge is 0.266 e. The first-order valence-corrected chi connectivity index (χ1v) is 11.7. The number of ether oxygens (including phenoxy) is 1. The van der Waals surface area contributed by atoms with Crippen molar-refractivity contribution in [3.05, 3.63) is 89.2 Å². The van der Waals surface area contributed by atoms with Crippen molar-refractivity contribution in [1.29, 1.82) is 0 Å². The number of aromatic nitrogens is 2. The highest BCUT2D eigenvalue weighted by molar-refractivity contribution is 7.89. The van der Waals surface area contributed by atoms with Crippen LogP contribution in [0.2, 0.25) is 0 Å². The summed E-state index contributed by atoms with van der Waals surface area (Å²) in [6, 6.07) is 23.0. The quantitative estimate of drug-likeness (QED) is 0.445. The summed E-state index contributed by atoms with van der Waals surface area (Å²) in [6.07, 6.45) is 0. The van der Waals surface area contributed by atoms with Gasteiger partial charge in [0.25, 0.3) is 5.56 Å². The van der Waals surface area contributed by atoms with Crippen LogP contribution in [0.1, 0.15) is 6.92 Å². The van der Waals surface area contributed by atoms with Gasteiger partial charge >= 0.3 is 0 Å². The van der Waals surface area contributed by atoms with Crippen molar-refractivity contribution in [3.63, 3.8) is 0 Å². The van der Waals surface area contributed by atoms with E-state index in [1.54, 1.807) is 24.3 Å². The molecule has 1 N–H and O–H groups in total. The van der Waals surface area contributed by atoms with Gasteiger partial charge in [0.1, 0.15) is 5.75 Å². The predicted molar refractivity (Wildman–Crippen MR) is 124 cm³/mol. The lowest BCUT2D eigenvalue weighted by Gasteiger charge is -2.10. The van der Waals surface area contributed by atoms with Crippen LogP contribution in [-0.2, 0) is 16.6 Å². The van der Waals surface area contributed by atoms with Crippen LogP contribution in [0.25, 0.3) is 22.0 Å². The molecule has 0 atom stereocenters. The van der Waals surface area contributed by atoms with Gasteiger partial charge < -0.3 is 4.74 Å². The molecule has 0 saturated carbocycles. The lowest BCUT2D eigenvalue weighted by molar-refractivity contribution is 0.340. The number of rotatable bonds is 8. The summed E-state index contributed by atoms with van der Waals surface area (Å²) in [5, 5.41) is 6.19. The topological polar surface area (TPSA) is 90.3 Å². The number of sulfonamides is 1. The van der Waals surface area contributed by atoms with Gasteiger partial charge in [-0.2, -0.15) is 5.10 Å². The number of benzene rings is 3. The maximum absolute atomic E-state index is 12.7. The van der Waals surface area contributed by atoms with E-state index in [1.807, 2.05) is 55.5 Å². The van der Waals surface area contributed by atoms with Gasteiger partial charge in [0.05, 0.1) is 23.7 Å². The summed E-state index contributed by atoms with van der Waals surface area (Å²) in [7, 11) is -3.71. The van der Waals surface area contributed by atoms with Crippen LogP contribution in [0.4, 0.5) is 0 Å². The fourth-order valence-corrected chi connectivity index (χ4v) is 4.41. The second-order valence-corrected chi connectivity index (χ2v) is 8.91. The van der Waals surface area contributed by atoms with E-state index < -0.39 is 10.0 Å². The summed E-state index contributed by atoms with van der Waals surface area (Å²) in [5.74, 6) is 0.757. The molecule has 0 saturated heterocycles. The second-order valence-electron chi connectivity index (χ2n) is 7.14. The summed E-state index contributed by atoms with van der Waals surface area (Å²) in [4.78, 5) is 12.4. The normalized spacial score (nSPS) is 11.5. The minimum atomic E-state index is -3.71.